The van der Waals surface area contributed by atoms with Gasteiger partial charge in [0.05, 0.1) is 31.5 Å². The normalized spacial score (nSPS) is 14.6. The van der Waals surface area contributed by atoms with Crippen LogP contribution < -0.4 is 14.8 Å². The molecule has 3 aromatic rings. The molecule has 10 nitrogen and oxygen atoms in total. The van der Waals surface area contributed by atoms with Crippen molar-refractivity contribution in [1.82, 2.24) is 9.97 Å². The van der Waals surface area contributed by atoms with E-state index in [9.17, 15) is 24.1 Å². The first-order chi connectivity index (χ1) is 15.8. The standard InChI is InChI=1S/C21H22ClF2N3O6.H2O/c1-32-16-5-11-14(6-17(16)33-18(8-29)20(31)19(30)13(24)7-28)25-9-26-21(11)27-15-4-10(22)2-3-12(15)23;/h2-6,9,13,18-20,28-31H,7-8H2,1H3,(H,25,26,27);1H2/t13-,18-,19+,20+;/m1./s1. The molecule has 0 aliphatic carbocycles. The summed E-state index contributed by atoms with van der Waals surface area (Å²) < 4.78 is 38.6. The van der Waals surface area contributed by atoms with Crippen LogP contribution in [-0.4, -0.2) is 80.7 Å². The molecular formula is C21H24ClF2N3O7. The van der Waals surface area contributed by atoms with Crippen LogP contribution in [0.25, 0.3) is 10.9 Å². The summed E-state index contributed by atoms with van der Waals surface area (Å²) in [4.78, 5) is 8.27. The molecule has 4 atom stereocenters. The van der Waals surface area contributed by atoms with E-state index >= 15 is 0 Å². The van der Waals surface area contributed by atoms with Crippen molar-refractivity contribution in [3.05, 3.63) is 47.5 Å². The van der Waals surface area contributed by atoms with E-state index < -0.39 is 43.5 Å². The van der Waals surface area contributed by atoms with Gasteiger partial charge in [-0.15, -0.1) is 0 Å². The van der Waals surface area contributed by atoms with E-state index in [1.54, 1.807) is 0 Å². The van der Waals surface area contributed by atoms with Gasteiger partial charge < -0.3 is 40.7 Å². The molecule has 0 unspecified atom stereocenters. The molecule has 34 heavy (non-hydrogen) atoms. The molecule has 2 aromatic carbocycles. The summed E-state index contributed by atoms with van der Waals surface area (Å²) in [5.74, 6) is -0.159. The summed E-state index contributed by atoms with van der Waals surface area (Å²) in [5.41, 5.74) is 0.417. The molecule has 3 rings (SSSR count). The number of alkyl halides is 1. The Morgan fingerprint density at radius 2 is 1.79 bits per heavy atom. The maximum atomic E-state index is 14.2. The summed E-state index contributed by atoms with van der Waals surface area (Å²) in [7, 11) is 1.34. The number of benzene rings is 2. The third-order valence-electron chi connectivity index (χ3n) is 4.84. The first kappa shape index (κ1) is 27.4. The van der Waals surface area contributed by atoms with Crippen molar-refractivity contribution >= 4 is 34.0 Å². The maximum Gasteiger partial charge on any atom is 0.164 e. The SMILES string of the molecule is COc1cc2c(Nc3cc(Cl)ccc3F)ncnc2cc1O[C@H](CO)[C@H](O)[C@@H](O)[C@H](F)CO.O. The van der Waals surface area contributed by atoms with Crippen molar-refractivity contribution in [2.45, 2.75) is 24.5 Å². The molecule has 0 saturated carbocycles. The third kappa shape index (κ3) is 5.97. The monoisotopic (exact) mass is 503 g/mol. The van der Waals surface area contributed by atoms with Gasteiger partial charge in [0, 0.05) is 16.5 Å². The number of aromatic nitrogens is 2. The second kappa shape index (κ2) is 12.0. The van der Waals surface area contributed by atoms with Crippen LogP contribution in [0.15, 0.2) is 36.7 Å². The van der Waals surface area contributed by atoms with Gasteiger partial charge in [0.1, 0.15) is 30.2 Å². The van der Waals surface area contributed by atoms with Gasteiger partial charge in [0.25, 0.3) is 0 Å². The summed E-state index contributed by atoms with van der Waals surface area (Å²) in [6.45, 7) is -1.79. The highest BCUT2D eigenvalue weighted by molar-refractivity contribution is 6.30. The van der Waals surface area contributed by atoms with Gasteiger partial charge >= 0.3 is 0 Å². The molecule has 0 aliphatic rings. The fourth-order valence-electron chi connectivity index (χ4n) is 3.06. The van der Waals surface area contributed by atoms with Crippen LogP contribution in [0.4, 0.5) is 20.3 Å². The number of fused-ring (bicyclic) bond motifs is 1. The number of nitrogens with one attached hydrogen (secondary N) is 1. The zero-order valence-corrected chi connectivity index (χ0v) is 18.6. The minimum atomic E-state index is -2.13. The fraction of sp³-hybridized carbons (Fsp3) is 0.333. The van der Waals surface area contributed by atoms with Gasteiger partial charge in [0.2, 0.25) is 0 Å². The van der Waals surface area contributed by atoms with Gasteiger partial charge in [-0.05, 0) is 24.3 Å². The van der Waals surface area contributed by atoms with E-state index in [4.69, 9.17) is 26.2 Å². The number of nitrogens with zero attached hydrogens (tertiary/aromatic N) is 2. The van der Waals surface area contributed by atoms with Crippen LogP contribution in [0, 0.1) is 5.82 Å². The molecule has 0 saturated heterocycles. The van der Waals surface area contributed by atoms with E-state index in [0.29, 0.717) is 15.9 Å². The van der Waals surface area contributed by atoms with Gasteiger partial charge in [-0.25, -0.2) is 18.7 Å². The topological polar surface area (TPSA) is 169 Å². The molecule has 186 valence electrons. The van der Waals surface area contributed by atoms with Crippen LogP contribution in [0.3, 0.4) is 0 Å². The number of anilines is 2. The zero-order chi connectivity index (χ0) is 24.1. The maximum absolute atomic E-state index is 14.2. The number of aliphatic hydroxyl groups excluding tert-OH is 4. The molecule has 0 spiro atoms. The highest BCUT2D eigenvalue weighted by Gasteiger charge is 2.34. The lowest BCUT2D eigenvalue weighted by Gasteiger charge is -2.28. The average molecular weight is 504 g/mol. The van der Waals surface area contributed by atoms with E-state index in [1.165, 1.54) is 43.8 Å². The summed E-state index contributed by atoms with van der Waals surface area (Å²) in [5, 5.41) is 42.0. The molecule has 0 bridgehead atoms. The fourth-order valence-corrected chi connectivity index (χ4v) is 3.23. The molecule has 1 aromatic heterocycles. The van der Waals surface area contributed by atoms with Gasteiger partial charge in [-0.1, -0.05) is 11.6 Å². The van der Waals surface area contributed by atoms with Crippen LogP contribution in [0.2, 0.25) is 5.02 Å². The molecule has 13 heteroatoms. The second-order valence-electron chi connectivity index (χ2n) is 7.01. The van der Waals surface area contributed by atoms with E-state index in [0.717, 1.165) is 0 Å². The quantitative estimate of drug-likeness (QED) is 0.272. The largest absolute Gasteiger partial charge is 0.493 e. The van der Waals surface area contributed by atoms with E-state index in [2.05, 4.69) is 15.3 Å². The van der Waals surface area contributed by atoms with Crippen molar-refractivity contribution in [3.8, 4) is 11.5 Å². The Morgan fingerprint density at radius 3 is 2.44 bits per heavy atom. The predicted molar refractivity (Wildman–Crippen MR) is 120 cm³/mol. The number of rotatable bonds is 10. The number of halogens is 3. The minimum Gasteiger partial charge on any atom is -0.493 e. The Morgan fingerprint density at radius 1 is 1.06 bits per heavy atom. The summed E-state index contributed by atoms with van der Waals surface area (Å²) >= 11 is 5.94. The zero-order valence-electron chi connectivity index (χ0n) is 17.8. The third-order valence-corrected chi connectivity index (χ3v) is 5.07. The Hall–Kier alpha value is -2.87. The van der Waals surface area contributed by atoms with Crippen LogP contribution in [0.5, 0.6) is 11.5 Å². The van der Waals surface area contributed by atoms with E-state index in [-0.39, 0.29) is 28.5 Å². The smallest absolute Gasteiger partial charge is 0.164 e. The first-order valence-corrected chi connectivity index (χ1v) is 10.1. The highest BCUT2D eigenvalue weighted by Crippen LogP contribution is 2.36. The van der Waals surface area contributed by atoms with Gasteiger partial charge in [-0.3, -0.25) is 0 Å². The number of ether oxygens (including phenoxy) is 2. The molecular weight excluding hydrogens is 480 g/mol. The lowest BCUT2D eigenvalue weighted by Crippen LogP contribution is -2.48. The molecule has 0 radical (unpaired) electrons. The van der Waals surface area contributed by atoms with Crippen molar-refractivity contribution in [2.75, 3.05) is 25.6 Å². The second-order valence-corrected chi connectivity index (χ2v) is 7.45. The lowest BCUT2D eigenvalue weighted by molar-refractivity contribution is -0.0981. The van der Waals surface area contributed by atoms with E-state index in [1.807, 2.05) is 0 Å². The summed E-state index contributed by atoms with van der Waals surface area (Å²) in [6, 6.07) is 6.90. The molecule has 0 fully saturated rings. The Labute approximate surface area is 197 Å². The highest BCUT2D eigenvalue weighted by atomic mass is 35.5. The Balaban J connectivity index is 0.00000408. The molecule has 1 heterocycles. The number of aliphatic hydroxyl groups is 4. The first-order valence-electron chi connectivity index (χ1n) is 9.72. The average Bonchev–Trinajstić information content (AvgIpc) is 2.82. The van der Waals surface area contributed by atoms with Crippen molar-refractivity contribution in [3.63, 3.8) is 0 Å². The van der Waals surface area contributed by atoms with Crippen LogP contribution in [-0.2, 0) is 0 Å². The number of hydrogen-bond donors (Lipinski definition) is 5. The molecule has 7 N–H and O–H groups in total. The Bertz CT molecular complexity index is 1110. The predicted octanol–water partition coefficient (Wildman–Crippen LogP) is 1.14. The number of methoxy groups -OCH3 is 1. The van der Waals surface area contributed by atoms with Crippen molar-refractivity contribution in [2.24, 2.45) is 0 Å². The van der Waals surface area contributed by atoms with Crippen LogP contribution >= 0.6 is 11.6 Å². The van der Waals surface area contributed by atoms with Crippen molar-refractivity contribution < 1.29 is 44.2 Å². The summed E-state index contributed by atoms with van der Waals surface area (Å²) in [6.07, 6.45) is -6.21. The Kier molecular flexibility index (Phi) is 9.67. The molecule has 0 aliphatic heterocycles. The lowest BCUT2D eigenvalue weighted by atomic mass is 10.0. The van der Waals surface area contributed by atoms with Crippen molar-refractivity contribution in [1.29, 1.82) is 0 Å². The molecule has 0 amide bonds. The van der Waals surface area contributed by atoms with Crippen LogP contribution in [0.1, 0.15) is 0 Å². The van der Waals surface area contributed by atoms with Gasteiger partial charge in [-0.2, -0.15) is 0 Å². The minimum absolute atomic E-state index is 0. The number of hydrogen-bond acceptors (Lipinski definition) is 9. The van der Waals surface area contributed by atoms with Gasteiger partial charge in [0.15, 0.2) is 23.8 Å².